The predicted octanol–water partition coefficient (Wildman–Crippen LogP) is 4.52. The Morgan fingerprint density at radius 1 is 1.05 bits per heavy atom. The number of benzene rings is 1. The van der Waals surface area contributed by atoms with Crippen LogP contribution in [0.5, 0.6) is 5.75 Å². The summed E-state index contributed by atoms with van der Waals surface area (Å²) in [4.78, 5) is 0. The van der Waals surface area contributed by atoms with Crippen LogP contribution >= 0.6 is 0 Å². The molecule has 0 aliphatic rings. The fourth-order valence-electron chi connectivity index (χ4n) is 1.92. The minimum atomic E-state index is -0.138. The fourth-order valence-corrected chi connectivity index (χ4v) is 1.92. The van der Waals surface area contributed by atoms with Crippen LogP contribution in [0.4, 0.5) is 0 Å². The van der Waals surface area contributed by atoms with Crippen molar-refractivity contribution in [3.05, 3.63) is 34.9 Å². The van der Waals surface area contributed by atoms with Gasteiger partial charge in [0.2, 0.25) is 0 Å². The van der Waals surface area contributed by atoms with Crippen LogP contribution in [0.15, 0.2) is 18.2 Å². The van der Waals surface area contributed by atoms with Crippen molar-refractivity contribution in [2.45, 2.75) is 52.4 Å². The molecule has 0 fully saturated rings. The third-order valence-corrected chi connectivity index (χ3v) is 3.15. The van der Waals surface area contributed by atoms with Crippen LogP contribution in [0.1, 0.15) is 58.2 Å². The first-order valence-corrected chi connectivity index (χ1v) is 6.51. The highest BCUT2D eigenvalue weighted by atomic mass is 16.3. The Balaban J connectivity index is 3.58. The number of rotatable bonds is 1. The number of phenols is 1. The molecule has 0 radical (unpaired) electrons. The van der Waals surface area contributed by atoms with Crippen molar-refractivity contribution in [1.82, 2.24) is 0 Å². The lowest BCUT2D eigenvalue weighted by atomic mass is 9.79. The third kappa shape index (κ3) is 3.61. The van der Waals surface area contributed by atoms with Crippen LogP contribution in [0.2, 0.25) is 0 Å². The molecular formula is C17H23NO. The van der Waals surface area contributed by atoms with Gasteiger partial charge in [0.25, 0.3) is 0 Å². The molecule has 1 aromatic carbocycles. The van der Waals surface area contributed by atoms with Gasteiger partial charge in [0, 0.05) is 17.2 Å². The van der Waals surface area contributed by atoms with Gasteiger partial charge in [0.1, 0.15) is 5.75 Å². The maximum atomic E-state index is 10.4. The molecule has 102 valence electrons. The molecule has 0 bridgehead atoms. The second-order valence-electron chi connectivity index (χ2n) is 6.92. The predicted molar refractivity (Wildman–Crippen MR) is 80.2 cm³/mol. The van der Waals surface area contributed by atoms with Crippen molar-refractivity contribution in [3.8, 4) is 11.8 Å². The fraction of sp³-hybridized carbons (Fsp3) is 0.471. The summed E-state index contributed by atoms with van der Waals surface area (Å²) in [7, 11) is 0. The maximum Gasteiger partial charge on any atom is 0.126 e. The number of hydrogen-bond donors (Lipinski definition) is 1. The van der Waals surface area contributed by atoms with E-state index >= 15 is 0 Å². The molecule has 0 aromatic heterocycles. The SMILES string of the molecule is CC(C)(C)c1cc(C=CC#N)c(O)c(C(C)(C)C)c1. The van der Waals surface area contributed by atoms with Crippen LogP contribution in [-0.4, -0.2) is 5.11 Å². The van der Waals surface area contributed by atoms with E-state index in [4.69, 9.17) is 5.26 Å². The van der Waals surface area contributed by atoms with E-state index in [0.717, 1.165) is 11.1 Å². The Labute approximate surface area is 116 Å². The normalized spacial score (nSPS) is 12.7. The Hall–Kier alpha value is -1.75. The number of nitrogens with zero attached hydrogens (tertiary/aromatic N) is 1. The first kappa shape index (κ1) is 15.3. The van der Waals surface area contributed by atoms with Gasteiger partial charge in [-0.25, -0.2) is 0 Å². The summed E-state index contributed by atoms with van der Waals surface area (Å²) in [6.45, 7) is 12.7. The molecule has 0 unspecified atom stereocenters. The molecule has 0 spiro atoms. The van der Waals surface area contributed by atoms with E-state index in [1.54, 1.807) is 6.08 Å². The first-order chi connectivity index (χ1) is 8.57. The molecule has 2 heteroatoms. The van der Waals surface area contributed by atoms with Crippen molar-refractivity contribution < 1.29 is 5.11 Å². The molecule has 0 amide bonds. The van der Waals surface area contributed by atoms with Gasteiger partial charge in [0.15, 0.2) is 0 Å². The second-order valence-corrected chi connectivity index (χ2v) is 6.92. The Kier molecular flexibility index (Phi) is 4.10. The number of allylic oxidation sites excluding steroid dienone is 1. The molecule has 19 heavy (non-hydrogen) atoms. The zero-order valence-electron chi connectivity index (χ0n) is 12.7. The summed E-state index contributed by atoms with van der Waals surface area (Å²) in [5.41, 5.74) is 2.65. The Morgan fingerprint density at radius 2 is 1.63 bits per heavy atom. The van der Waals surface area contributed by atoms with Crippen molar-refractivity contribution >= 4 is 6.08 Å². The summed E-state index contributed by atoms with van der Waals surface area (Å²) < 4.78 is 0. The van der Waals surface area contributed by atoms with Gasteiger partial charge in [-0.3, -0.25) is 0 Å². The maximum absolute atomic E-state index is 10.4. The molecule has 0 saturated carbocycles. The molecule has 0 aliphatic heterocycles. The van der Waals surface area contributed by atoms with Gasteiger partial charge in [-0.1, -0.05) is 47.6 Å². The van der Waals surface area contributed by atoms with Gasteiger partial charge in [-0.15, -0.1) is 0 Å². The van der Waals surface area contributed by atoms with Gasteiger partial charge in [0.05, 0.1) is 6.07 Å². The second kappa shape index (κ2) is 5.09. The molecule has 0 saturated heterocycles. The van der Waals surface area contributed by atoms with Gasteiger partial charge in [-0.2, -0.15) is 5.26 Å². The molecule has 0 heterocycles. The standard InChI is InChI=1S/C17H23NO/c1-16(2,3)13-10-12(8-7-9-18)15(19)14(11-13)17(4,5)6/h7-8,10-11,19H,1-6H3. The zero-order chi connectivity index (χ0) is 14.8. The highest BCUT2D eigenvalue weighted by Gasteiger charge is 2.24. The van der Waals surface area contributed by atoms with E-state index in [-0.39, 0.29) is 16.6 Å². The smallest absolute Gasteiger partial charge is 0.126 e. The topological polar surface area (TPSA) is 44.0 Å². The van der Waals surface area contributed by atoms with Gasteiger partial charge in [-0.05, 0) is 28.5 Å². The monoisotopic (exact) mass is 257 g/mol. The summed E-state index contributed by atoms with van der Waals surface area (Å²) in [5.74, 6) is 0.270. The summed E-state index contributed by atoms with van der Waals surface area (Å²) in [5, 5.41) is 19.0. The molecule has 1 N–H and O–H groups in total. The van der Waals surface area contributed by atoms with Crippen LogP contribution < -0.4 is 0 Å². The average Bonchev–Trinajstić information content (AvgIpc) is 2.24. The highest BCUT2D eigenvalue weighted by molar-refractivity contribution is 5.63. The van der Waals surface area contributed by atoms with Crippen molar-refractivity contribution in [2.24, 2.45) is 0 Å². The lowest BCUT2D eigenvalue weighted by molar-refractivity contribution is 0.443. The summed E-state index contributed by atoms with van der Waals surface area (Å²) in [6.07, 6.45) is 3.06. The quantitative estimate of drug-likeness (QED) is 0.751. The van der Waals surface area contributed by atoms with E-state index in [9.17, 15) is 5.11 Å². The van der Waals surface area contributed by atoms with E-state index < -0.39 is 0 Å². The minimum absolute atomic E-state index is 0.00291. The Bertz CT molecular complexity index is 534. The van der Waals surface area contributed by atoms with Crippen LogP contribution in [-0.2, 0) is 10.8 Å². The van der Waals surface area contributed by atoms with E-state index in [1.165, 1.54) is 6.08 Å². The number of aromatic hydroxyl groups is 1. The molecule has 2 nitrogen and oxygen atoms in total. The van der Waals surface area contributed by atoms with Crippen molar-refractivity contribution in [1.29, 1.82) is 5.26 Å². The van der Waals surface area contributed by atoms with Gasteiger partial charge < -0.3 is 5.11 Å². The van der Waals surface area contributed by atoms with Crippen LogP contribution in [0.3, 0.4) is 0 Å². The minimum Gasteiger partial charge on any atom is -0.507 e. The van der Waals surface area contributed by atoms with Crippen LogP contribution in [0.25, 0.3) is 6.08 Å². The first-order valence-electron chi connectivity index (χ1n) is 6.51. The number of phenolic OH excluding ortho intramolecular Hbond substituents is 1. The van der Waals surface area contributed by atoms with Crippen molar-refractivity contribution in [2.75, 3.05) is 0 Å². The van der Waals surface area contributed by atoms with E-state index in [0.29, 0.717) is 5.56 Å². The lowest BCUT2D eigenvalue weighted by Gasteiger charge is -2.27. The zero-order valence-corrected chi connectivity index (χ0v) is 12.7. The Morgan fingerprint density at radius 3 is 2.05 bits per heavy atom. The van der Waals surface area contributed by atoms with E-state index in [2.05, 4.69) is 47.6 Å². The van der Waals surface area contributed by atoms with Crippen molar-refractivity contribution in [3.63, 3.8) is 0 Å². The van der Waals surface area contributed by atoms with Crippen LogP contribution in [0, 0.1) is 11.3 Å². The number of hydrogen-bond acceptors (Lipinski definition) is 2. The molecule has 1 aromatic rings. The molecular weight excluding hydrogens is 234 g/mol. The largest absolute Gasteiger partial charge is 0.507 e. The lowest BCUT2D eigenvalue weighted by Crippen LogP contribution is -2.17. The average molecular weight is 257 g/mol. The third-order valence-electron chi connectivity index (χ3n) is 3.15. The van der Waals surface area contributed by atoms with Gasteiger partial charge >= 0.3 is 0 Å². The molecule has 1 rings (SSSR count). The highest BCUT2D eigenvalue weighted by Crippen LogP contribution is 2.38. The summed E-state index contributed by atoms with van der Waals surface area (Å²) in [6, 6.07) is 5.99. The molecule has 0 atom stereocenters. The van der Waals surface area contributed by atoms with E-state index in [1.807, 2.05) is 12.1 Å². The molecule has 0 aliphatic carbocycles. The summed E-state index contributed by atoms with van der Waals surface area (Å²) >= 11 is 0. The number of nitriles is 1.